The van der Waals surface area contributed by atoms with Crippen LogP contribution in [0, 0.1) is 6.92 Å². The summed E-state index contributed by atoms with van der Waals surface area (Å²) in [6, 6.07) is 11.5. The van der Waals surface area contributed by atoms with Crippen molar-refractivity contribution in [3.63, 3.8) is 0 Å². The lowest BCUT2D eigenvalue weighted by Gasteiger charge is -2.35. The third-order valence-corrected chi connectivity index (χ3v) is 6.18. The number of hydrogen-bond acceptors (Lipinski definition) is 7. The van der Waals surface area contributed by atoms with Crippen molar-refractivity contribution in [1.82, 2.24) is 5.32 Å². The van der Waals surface area contributed by atoms with Crippen molar-refractivity contribution in [2.24, 2.45) is 0 Å². The zero-order valence-electron chi connectivity index (χ0n) is 19.4. The number of rotatable bonds is 7. The number of aryl methyl sites for hydroxylation is 1. The fourth-order valence-corrected chi connectivity index (χ4v) is 4.63. The van der Waals surface area contributed by atoms with Gasteiger partial charge in [-0.1, -0.05) is 12.1 Å². The molecule has 1 N–H and O–H groups in total. The second-order valence-electron chi connectivity index (χ2n) is 8.37. The van der Waals surface area contributed by atoms with Gasteiger partial charge in [-0.25, -0.2) is 4.79 Å². The quantitative estimate of drug-likeness (QED) is 0.500. The van der Waals surface area contributed by atoms with Gasteiger partial charge in [0, 0.05) is 30.5 Å². The highest BCUT2D eigenvalue weighted by atomic mass is 16.6. The summed E-state index contributed by atoms with van der Waals surface area (Å²) in [6.45, 7) is 4.10. The molecule has 1 aromatic heterocycles. The molecule has 0 saturated carbocycles. The Kier molecular flexibility index (Phi) is 6.70. The van der Waals surface area contributed by atoms with Crippen LogP contribution in [0.3, 0.4) is 0 Å². The molecule has 0 amide bonds. The standard InChI is InChI=1S/C26H29NO6/c1-15-8-9-22(33-15)25-23(26(29)32-11-10-30-3)16(2)27-20-13-18(14-21(28)24(20)25)17-6-5-7-19(12-17)31-4/h5-9,12,18,25,27H,10-11,13-14H2,1-4H3/t18-,25+/m0/s1. The molecule has 2 aromatic rings. The zero-order valence-corrected chi connectivity index (χ0v) is 19.4. The molecule has 1 aliphatic carbocycles. The Morgan fingerprint density at radius 1 is 1.12 bits per heavy atom. The van der Waals surface area contributed by atoms with E-state index in [2.05, 4.69) is 5.32 Å². The number of Topliss-reactive ketones (excluding diaryl/α,β-unsaturated/α-hetero) is 1. The normalized spacial score (nSPS) is 20.4. The van der Waals surface area contributed by atoms with Crippen molar-refractivity contribution in [1.29, 1.82) is 0 Å². The minimum atomic E-state index is -0.608. The van der Waals surface area contributed by atoms with Gasteiger partial charge in [0.15, 0.2) is 5.78 Å². The fourth-order valence-electron chi connectivity index (χ4n) is 4.63. The molecule has 0 spiro atoms. The van der Waals surface area contributed by atoms with Gasteiger partial charge in [0.25, 0.3) is 0 Å². The Bertz CT molecular complexity index is 1130. The molecule has 174 valence electrons. The highest BCUT2D eigenvalue weighted by molar-refractivity contribution is 6.04. The van der Waals surface area contributed by atoms with Crippen LogP contribution in [-0.2, 0) is 19.1 Å². The Hall–Kier alpha value is -3.32. The number of esters is 1. The monoisotopic (exact) mass is 451 g/mol. The van der Waals surface area contributed by atoms with Crippen LogP contribution in [0.5, 0.6) is 5.75 Å². The zero-order chi connectivity index (χ0) is 23.5. The van der Waals surface area contributed by atoms with E-state index in [1.54, 1.807) is 14.2 Å². The SMILES string of the molecule is COCCOC(=O)C1=C(C)NC2=C(C(=O)C[C@@H](c3cccc(OC)c3)C2)[C@@H]1c1ccc(C)o1. The third kappa shape index (κ3) is 4.59. The first-order chi connectivity index (χ1) is 15.9. The summed E-state index contributed by atoms with van der Waals surface area (Å²) in [4.78, 5) is 26.6. The number of furan rings is 1. The number of carbonyl (C=O) groups excluding carboxylic acids is 2. The van der Waals surface area contributed by atoms with Crippen LogP contribution in [0.1, 0.15) is 48.7 Å². The first kappa shape index (κ1) is 22.9. The van der Waals surface area contributed by atoms with Crippen LogP contribution in [-0.4, -0.2) is 39.2 Å². The largest absolute Gasteiger partial charge is 0.497 e. The topological polar surface area (TPSA) is 87.0 Å². The summed E-state index contributed by atoms with van der Waals surface area (Å²) in [5.74, 6) is 0.957. The third-order valence-electron chi connectivity index (χ3n) is 6.18. The molecule has 0 bridgehead atoms. The molecule has 0 saturated heterocycles. The van der Waals surface area contributed by atoms with Gasteiger partial charge >= 0.3 is 5.97 Å². The first-order valence-corrected chi connectivity index (χ1v) is 11.0. The highest BCUT2D eigenvalue weighted by Crippen LogP contribution is 2.46. The van der Waals surface area contributed by atoms with E-state index in [1.807, 2.05) is 50.2 Å². The molecule has 2 heterocycles. The summed E-state index contributed by atoms with van der Waals surface area (Å²) in [5, 5.41) is 3.34. The van der Waals surface area contributed by atoms with E-state index in [0.29, 0.717) is 47.8 Å². The number of benzene rings is 1. The molecule has 1 aliphatic heterocycles. The van der Waals surface area contributed by atoms with Crippen LogP contribution in [0.4, 0.5) is 0 Å². The van der Waals surface area contributed by atoms with Crippen molar-refractivity contribution >= 4 is 11.8 Å². The van der Waals surface area contributed by atoms with E-state index >= 15 is 0 Å². The summed E-state index contributed by atoms with van der Waals surface area (Å²) in [5.41, 5.74) is 3.51. The van der Waals surface area contributed by atoms with E-state index in [0.717, 1.165) is 17.0 Å². The van der Waals surface area contributed by atoms with Crippen molar-refractivity contribution in [2.45, 2.75) is 38.5 Å². The number of methoxy groups -OCH3 is 2. The second-order valence-corrected chi connectivity index (χ2v) is 8.37. The maximum Gasteiger partial charge on any atom is 0.336 e. The van der Waals surface area contributed by atoms with Crippen LogP contribution in [0.25, 0.3) is 0 Å². The Balaban J connectivity index is 1.72. The van der Waals surface area contributed by atoms with Crippen molar-refractivity contribution < 1.29 is 28.2 Å². The van der Waals surface area contributed by atoms with Gasteiger partial charge in [-0.2, -0.15) is 0 Å². The molecule has 0 fully saturated rings. The number of dihydropyridines is 1. The van der Waals surface area contributed by atoms with Crippen LogP contribution in [0.15, 0.2) is 63.4 Å². The molecule has 1 aromatic carbocycles. The van der Waals surface area contributed by atoms with Crippen LogP contribution >= 0.6 is 0 Å². The molecular weight excluding hydrogens is 422 g/mol. The predicted octanol–water partition coefficient (Wildman–Crippen LogP) is 4.15. The molecule has 2 atom stereocenters. The van der Waals surface area contributed by atoms with Crippen molar-refractivity contribution in [3.8, 4) is 5.75 Å². The van der Waals surface area contributed by atoms with Gasteiger partial charge < -0.3 is 23.9 Å². The smallest absolute Gasteiger partial charge is 0.336 e. The lowest BCUT2D eigenvalue weighted by atomic mass is 9.73. The van der Waals surface area contributed by atoms with Gasteiger partial charge in [0.2, 0.25) is 0 Å². The number of hydrogen-bond donors (Lipinski definition) is 1. The Morgan fingerprint density at radius 2 is 1.94 bits per heavy atom. The van der Waals surface area contributed by atoms with Gasteiger partial charge in [0.1, 0.15) is 23.9 Å². The maximum absolute atomic E-state index is 13.5. The van der Waals surface area contributed by atoms with Crippen molar-refractivity contribution in [2.75, 3.05) is 27.4 Å². The van der Waals surface area contributed by atoms with E-state index in [-0.39, 0.29) is 18.3 Å². The van der Waals surface area contributed by atoms with Crippen molar-refractivity contribution in [3.05, 3.63) is 76.0 Å². The van der Waals surface area contributed by atoms with Gasteiger partial charge in [-0.15, -0.1) is 0 Å². The minimum absolute atomic E-state index is 0.00897. The maximum atomic E-state index is 13.5. The molecule has 7 heteroatoms. The van der Waals surface area contributed by atoms with Crippen LogP contribution < -0.4 is 10.1 Å². The summed E-state index contributed by atoms with van der Waals surface area (Å²) in [6.07, 6.45) is 0.989. The summed E-state index contributed by atoms with van der Waals surface area (Å²) < 4.78 is 21.7. The lowest BCUT2D eigenvalue weighted by Crippen LogP contribution is -2.36. The Labute approximate surface area is 193 Å². The number of ether oxygens (including phenoxy) is 3. The fraction of sp³-hybridized carbons (Fsp3) is 0.385. The van der Waals surface area contributed by atoms with E-state index in [9.17, 15) is 9.59 Å². The van der Waals surface area contributed by atoms with E-state index in [4.69, 9.17) is 18.6 Å². The summed E-state index contributed by atoms with van der Waals surface area (Å²) in [7, 11) is 3.18. The van der Waals surface area contributed by atoms with Gasteiger partial charge in [-0.3, -0.25) is 4.79 Å². The molecule has 2 aliphatic rings. The van der Waals surface area contributed by atoms with Crippen LogP contribution in [0.2, 0.25) is 0 Å². The van der Waals surface area contributed by atoms with Gasteiger partial charge in [0.05, 0.1) is 25.2 Å². The molecule has 0 radical (unpaired) electrons. The minimum Gasteiger partial charge on any atom is -0.497 e. The first-order valence-electron chi connectivity index (χ1n) is 11.0. The molecular formula is C26H29NO6. The molecule has 4 rings (SSSR count). The molecule has 7 nitrogen and oxygen atoms in total. The second kappa shape index (κ2) is 9.67. The highest BCUT2D eigenvalue weighted by Gasteiger charge is 2.42. The number of nitrogens with one attached hydrogen (secondary N) is 1. The molecule has 0 unspecified atom stereocenters. The Morgan fingerprint density at radius 3 is 2.64 bits per heavy atom. The predicted molar refractivity (Wildman–Crippen MR) is 122 cm³/mol. The molecule has 33 heavy (non-hydrogen) atoms. The van der Waals surface area contributed by atoms with E-state index < -0.39 is 11.9 Å². The average Bonchev–Trinajstić information content (AvgIpc) is 3.24. The number of ketones is 1. The number of allylic oxidation sites excluding steroid dienone is 3. The van der Waals surface area contributed by atoms with Gasteiger partial charge in [-0.05, 0) is 56.0 Å². The van der Waals surface area contributed by atoms with E-state index in [1.165, 1.54) is 0 Å². The lowest BCUT2D eigenvalue weighted by molar-refractivity contribution is -0.140. The summed E-state index contributed by atoms with van der Waals surface area (Å²) >= 11 is 0. The average molecular weight is 452 g/mol. The number of carbonyl (C=O) groups is 2.